The first-order valence-electron chi connectivity index (χ1n) is 36.5. The second-order valence-corrected chi connectivity index (χ2v) is 41.7. The molecule has 28 heteroatoms. The van der Waals surface area contributed by atoms with E-state index in [0.29, 0.717) is 75.8 Å². The predicted octanol–water partition coefficient (Wildman–Crippen LogP) is 22.6. The zero-order chi connectivity index (χ0) is 81.6. The number of carbonyl (C=O) groups is 6. The Balaban J connectivity index is 0.000000171. The van der Waals surface area contributed by atoms with E-state index in [1.165, 1.54) is 97.0 Å². The van der Waals surface area contributed by atoms with Crippen LogP contribution < -0.4 is 0 Å². The molecular formula is C84H89Br5O18S5. The summed E-state index contributed by atoms with van der Waals surface area (Å²) in [5.74, 6) is -4.26. The van der Waals surface area contributed by atoms with E-state index in [0.717, 1.165) is 88.5 Å². The number of carboxylic acids is 3. The van der Waals surface area contributed by atoms with Crippen LogP contribution in [0.2, 0.25) is 0 Å². The highest BCUT2D eigenvalue weighted by atomic mass is 79.9. The SMILES string of the molecule is COC(=O)c1cc(-c2ccc(C)cc2)cc(S(=O)(=O)C2CCCC2)c1.COC(=O)c1cc(Br)cc(S(=O)(=O)C2CCCC2)c1.COC(=O)c1cc(Br)cc(SC2CCCC2)c1.Cc1ccc(-c2cc(C(=O)O)cc(S(=O)(=O)C3CCCC3)c2)cc1.O=C(O)c1cc(Br)cc(Br)c1.O=C(O)c1cc(Br)cc(SC2CCCC2)c1. The molecule has 0 radical (unpaired) electrons. The predicted molar refractivity (Wildman–Crippen MR) is 457 cm³/mol. The van der Waals surface area contributed by atoms with Gasteiger partial charge in [0.15, 0.2) is 29.5 Å². The van der Waals surface area contributed by atoms with Gasteiger partial charge in [0, 0.05) is 42.7 Å². The lowest BCUT2D eigenvalue weighted by Gasteiger charge is -2.14. The first kappa shape index (κ1) is 91.1. The van der Waals surface area contributed by atoms with Crippen molar-refractivity contribution in [2.45, 2.75) is 193 Å². The first-order valence-corrected chi connectivity index (χ1v) is 46.9. The third-order valence-electron chi connectivity index (χ3n) is 19.5. The summed E-state index contributed by atoms with van der Waals surface area (Å²) in [6.45, 7) is 3.96. The number of ether oxygens (including phenoxy) is 3. The van der Waals surface area contributed by atoms with E-state index >= 15 is 0 Å². The molecule has 5 aliphatic rings. The van der Waals surface area contributed by atoms with E-state index in [9.17, 15) is 59.1 Å². The van der Waals surface area contributed by atoms with E-state index in [-0.39, 0.29) is 53.4 Å². The lowest BCUT2D eigenvalue weighted by molar-refractivity contribution is 0.0591. The molecule has 0 saturated heterocycles. The normalized spacial score (nSPS) is 15.3. The number of benzene rings is 8. The summed E-state index contributed by atoms with van der Waals surface area (Å²) in [7, 11) is -6.33. The summed E-state index contributed by atoms with van der Waals surface area (Å²) in [4.78, 5) is 70.6. The Labute approximate surface area is 706 Å². The van der Waals surface area contributed by atoms with Crippen LogP contribution in [0.25, 0.3) is 22.3 Å². The van der Waals surface area contributed by atoms with Crippen LogP contribution in [0.5, 0.6) is 0 Å². The number of esters is 3. The molecule has 0 spiro atoms. The minimum atomic E-state index is -3.50. The van der Waals surface area contributed by atoms with Crippen LogP contribution in [0.3, 0.4) is 0 Å². The number of sulfone groups is 3. The highest BCUT2D eigenvalue weighted by Crippen LogP contribution is 2.40. The number of rotatable bonds is 18. The number of methoxy groups -OCH3 is 3. The fourth-order valence-electron chi connectivity index (χ4n) is 13.5. The Hall–Kier alpha value is -6.47. The van der Waals surface area contributed by atoms with Gasteiger partial charge < -0.3 is 29.5 Å². The van der Waals surface area contributed by atoms with Crippen molar-refractivity contribution in [3.05, 3.63) is 225 Å². The second-order valence-electron chi connectivity index (χ2n) is 27.7. The minimum absolute atomic E-state index is 0.00430. The molecule has 0 atom stereocenters. The molecule has 598 valence electrons. The zero-order valence-corrected chi connectivity index (χ0v) is 74.4. The van der Waals surface area contributed by atoms with Crippen molar-refractivity contribution in [3.63, 3.8) is 0 Å². The summed E-state index contributed by atoms with van der Waals surface area (Å²) in [6.07, 6.45) is 20.0. The van der Waals surface area contributed by atoms with Gasteiger partial charge in [-0.15, -0.1) is 23.5 Å². The maximum Gasteiger partial charge on any atom is 0.337 e. The molecule has 3 N–H and O–H groups in total. The molecule has 8 aromatic rings. The molecular weight excluding hydrogens is 1860 g/mol. The molecule has 0 aliphatic heterocycles. The quantitative estimate of drug-likeness (QED) is 0.0531. The molecule has 0 amide bonds. The average Bonchev–Trinajstić information content (AvgIpc) is 1.19. The van der Waals surface area contributed by atoms with Crippen molar-refractivity contribution in [2.24, 2.45) is 0 Å². The van der Waals surface area contributed by atoms with Crippen molar-refractivity contribution in [3.8, 4) is 22.3 Å². The van der Waals surface area contributed by atoms with Crippen molar-refractivity contribution < 1.29 is 83.6 Å². The highest BCUT2D eigenvalue weighted by molar-refractivity contribution is 9.11. The number of aromatic carboxylic acids is 3. The molecule has 8 aromatic carbocycles. The molecule has 0 aromatic heterocycles. The third-order valence-corrected chi connectivity index (χ3v) is 31.1. The van der Waals surface area contributed by atoms with Crippen LogP contribution in [-0.2, 0) is 43.7 Å². The van der Waals surface area contributed by atoms with Crippen LogP contribution in [0.1, 0.15) is 202 Å². The Morgan fingerprint density at radius 1 is 0.312 bits per heavy atom. The second kappa shape index (κ2) is 42.9. The van der Waals surface area contributed by atoms with Gasteiger partial charge in [-0.25, -0.2) is 54.0 Å². The lowest BCUT2D eigenvalue weighted by Crippen LogP contribution is -2.18. The molecule has 0 bridgehead atoms. The van der Waals surface area contributed by atoms with Crippen LogP contribution >= 0.6 is 103 Å². The largest absolute Gasteiger partial charge is 0.478 e. The van der Waals surface area contributed by atoms with E-state index in [1.807, 2.05) is 86.3 Å². The van der Waals surface area contributed by atoms with Gasteiger partial charge >= 0.3 is 35.8 Å². The van der Waals surface area contributed by atoms with E-state index in [2.05, 4.69) is 90.5 Å². The van der Waals surface area contributed by atoms with Gasteiger partial charge in [0.05, 0.1) is 85.1 Å². The number of aryl methyl sites for hydroxylation is 2. The summed E-state index contributed by atoms with van der Waals surface area (Å²) < 4.78 is 94.7. The monoisotopic (exact) mass is 1940 g/mol. The molecule has 5 fully saturated rings. The summed E-state index contributed by atoms with van der Waals surface area (Å²) >= 11 is 20.1. The van der Waals surface area contributed by atoms with Crippen LogP contribution in [0.4, 0.5) is 0 Å². The average molecular weight is 1950 g/mol. The highest BCUT2D eigenvalue weighted by Gasteiger charge is 2.34. The van der Waals surface area contributed by atoms with Crippen molar-refractivity contribution in [1.29, 1.82) is 0 Å². The van der Waals surface area contributed by atoms with Crippen molar-refractivity contribution in [1.82, 2.24) is 0 Å². The van der Waals surface area contributed by atoms with Crippen molar-refractivity contribution in [2.75, 3.05) is 21.3 Å². The fourth-order valence-corrected chi connectivity index (χ4v) is 25.2. The third kappa shape index (κ3) is 26.5. The maximum atomic E-state index is 13.0. The minimum Gasteiger partial charge on any atom is -0.478 e. The maximum absolute atomic E-state index is 13.0. The molecule has 13 rings (SSSR count). The van der Waals surface area contributed by atoms with Gasteiger partial charge in [-0.2, -0.15) is 0 Å². The molecule has 5 saturated carbocycles. The standard InChI is InChI=1S/C20H22O4S.C19H20O4S.C13H15BrO4S.C13H15BrO2S.C12H13BrO2S.C7H4Br2O2/c1-14-7-9-15(10-8-14)16-11-17(20(21)24-2)13-19(12-16)25(22,23)18-5-3-4-6-18;1-13-6-8-14(9-7-13)15-10-16(19(20)21)12-18(11-15)24(22,23)17-4-2-3-5-17;1-18-13(15)9-6-10(14)8-12(7-9)19(16,17)11-4-2-3-5-11;1-16-13(15)9-6-10(14)8-12(7-9)17-11-4-2-3-5-11;13-9-5-8(12(14)15)6-11(7-9)16-10-3-1-2-4-10;8-5-1-4(7(10)11)2-6(9)3-5/h7-13,18H,3-6H2,1-2H3;6-12,17H,2-5H2,1H3,(H,20,21);6-8,11H,2-5H2,1H3;6-8,11H,2-5H2,1H3;5-7,10H,1-4H2,(H,14,15);1-3H,(H,10,11). The molecule has 0 unspecified atom stereocenters. The van der Waals surface area contributed by atoms with Crippen molar-refractivity contribution >= 4 is 169 Å². The van der Waals surface area contributed by atoms with E-state index in [4.69, 9.17) is 19.7 Å². The molecule has 5 aliphatic carbocycles. The number of hydrogen-bond donors (Lipinski definition) is 3. The van der Waals surface area contributed by atoms with Gasteiger partial charge in [0.1, 0.15) is 0 Å². The molecule has 0 heterocycles. The summed E-state index contributed by atoms with van der Waals surface area (Å²) in [6, 6.07) is 45.1. The van der Waals surface area contributed by atoms with Gasteiger partial charge in [-0.1, -0.05) is 204 Å². The number of hydrogen-bond acceptors (Lipinski definition) is 17. The summed E-state index contributed by atoms with van der Waals surface area (Å²) in [5, 5.41) is 27.2. The Bertz CT molecular complexity index is 4990. The van der Waals surface area contributed by atoms with Crippen LogP contribution in [0, 0.1) is 13.8 Å². The molecule has 18 nitrogen and oxygen atoms in total. The van der Waals surface area contributed by atoms with Crippen LogP contribution in [-0.4, -0.2) is 124 Å². The fraction of sp³-hybridized carbons (Fsp3) is 0.357. The Morgan fingerprint density at radius 3 is 0.902 bits per heavy atom. The van der Waals surface area contributed by atoms with Gasteiger partial charge in [0.2, 0.25) is 0 Å². The number of halogens is 5. The smallest absolute Gasteiger partial charge is 0.337 e. The van der Waals surface area contributed by atoms with Gasteiger partial charge in [-0.3, -0.25) is 0 Å². The van der Waals surface area contributed by atoms with Crippen LogP contribution in [0.15, 0.2) is 205 Å². The number of carbonyl (C=O) groups excluding carboxylic acids is 3. The topological polar surface area (TPSA) is 293 Å². The Kier molecular flexibility index (Phi) is 34.9. The Morgan fingerprint density at radius 2 is 0.562 bits per heavy atom. The van der Waals surface area contributed by atoms with Gasteiger partial charge in [0.25, 0.3) is 0 Å². The van der Waals surface area contributed by atoms with Gasteiger partial charge in [-0.05, 0) is 210 Å². The first-order chi connectivity index (χ1) is 53.2. The summed E-state index contributed by atoms with van der Waals surface area (Å²) in [5.41, 5.74) is 6.97. The number of carboxylic acid groups (broad SMARTS) is 3. The van der Waals surface area contributed by atoms with E-state index < -0.39 is 64.6 Å². The zero-order valence-electron chi connectivity index (χ0n) is 62.4. The van der Waals surface area contributed by atoms with E-state index in [1.54, 1.807) is 78.5 Å². The molecule has 112 heavy (non-hydrogen) atoms. The lowest BCUT2D eigenvalue weighted by atomic mass is 10.0. The number of thioether (sulfide) groups is 2.